The molecule has 0 N–H and O–H groups in total. The number of ketones is 1. The van der Waals surface area contributed by atoms with Gasteiger partial charge in [0, 0.05) is 34.7 Å². The van der Waals surface area contributed by atoms with Crippen molar-refractivity contribution in [2.45, 2.75) is 101 Å². The topological polar surface area (TPSA) is 20.3 Å². The molecule has 1 aliphatic rings. The molecule has 0 aliphatic carbocycles. The summed E-state index contributed by atoms with van der Waals surface area (Å²) in [5, 5.41) is 0. The summed E-state index contributed by atoms with van der Waals surface area (Å²) < 4.78 is 0. The Labute approximate surface area is 144 Å². The number of hydrogen-bond donors (Lipinski definition) is 0. The van der Waals surface area contributed by atoms with Gasteiger partial charge < -0.3 is 4.90 Å². The lowest BCUT2D eigenvalue weighted by Gasteiger charge is -2.56. The van der Waals surface area contributed by atoms with E-state index < -0.39 is 0 Å². The molecule has 0 saturated carbocycles. The van der Waals surface area contributed by atoms with Gasteiger partial charge in [0.05, 0.1) is 0 Å². The molecule has 0 aromatic heterocycles. The molecule has 0 saturated heterocycles. The minimum absolute atomic E-state index is 0.0161. The van der Waals surface area contributed by atoms with Crippen LogP contribution in [0.4, 0.5) is 0 Å². The van der Waals surface area contributed by atoms with Crippen molar-refractivity contribution in [3.63, 3.8) is 0 Å². The van der Waals surface area contributed by atoms with Gasteiger partial charge in [-0.25, -0.2) is 0 Å². The highest BCUT2D eigenvalue weighted by atomic mass is 16.1. The summed E-state index contributed by atoms with van der Waals surface area (Å²) >= 11 is 0. The molecule has 2 heteroatoms. The van der Waals surface area contributed by atoms with E-state index in [1.54, 1.807) is 0 Å². The van der Waals surface area contributed by atoms with Gasteiger partial charge in [0.25, 0.3) is 0 Å². The van der Waals surface area contributed by atoms with Crippen molar-refractivity contribution in [2.75, 3.05) is 0 Å². The number of hydrogen-bond acceptors (Lipinski definition) is 2. The summed E-state index contributed by atoms with van der Waals surface area (Å²) in [4.78, 5) is 15.7. The number of nitrogens with zero attached hydrogens (tertiary/aromatic N) is 1. The summed E-state index contributed by atoms with van der Waals surface area (Å²) in [6.45, 7) is 26.8. The Hall–Kier alpha value is -0.790. The largest absolute Gasteiger partial charge is 0.365 e. The van der Waals surface area contributed by atoms with E-state index in [0.717, 1.165) is 5.57 Å². The van der Waals surface area contributed by atoms with Crippen molar-refractivity contribution < 1.29 is 4.79 Å². The lowest BCUT2D eigenvalue weighted by Crippen LogP contribution is -2.58. The molecule has 1 unspecified atom stereocenters. The molecule has 0 fully saturated rings. The Morgan fingerprint density at radius 1 is 0.783 bits per heavy atom. The molecule has 1 heterocycles. The fourth-order valence-corrected chi connectivity index (χ4v) is 3.78. The molecule has 0 amide bonds. The van der Waals surface area contributed by atoms with Gasteiger partial charge in [0.2, 0.25) is 0 Å². The maximum Gasteiger partial charge on any atom is 0.163 e. The van der Waals surface area contributed by atoms with Crippen LogP contribution in [-0.2, 0) is 4.79 Å². The molecule has 0 bridgehead atoms. The predicted octanol–water partition coefficient (Wildman–Crippen LogP) is 5.82. The van der Waals surface area contributed by atoms with E-state index in [0.29, 0.717) is 12.2 Å². The van der Waals surface area contributed by atoms with Crippen LogP contribution in [0.25, 0.3) is 0 Å². The van der Waals surface area contributed by atoms with Gasteiger partial charge in [0.15, 0.2) is 5.78 Å². The van der Waals surface area contributed by atoms with Crippen LogP contribution in [0, 0.1) is 16.2 Å². The second kappa shape index (κ2) is 5.63. The maximum absolute atomic E-state index is 13.1. The third-order valence-corrected chi connectivity index (χ3v) is 4.63. The van der Waals surface area contributed by atoms with Crippen molar-refractivity contribution in [3.8, 4) is 0 Å². The Balaban J connectivity index is 3.82. The number of rotatable bonds is 0. The van der Waals surface area contributed by atoms with Gasteiger partial charge in [-0.15, -0.1) is 0 Å². The monoisotopic (exact) mass is 321 g/mol. The molecule has 0 spiro atoms. The normalized spacial score (nSPS) is 22.0. The summed E-state index contributed by atoms with van der Waals surface area (Å²) in [6.07, 6.45) is 0.618. The first-order valence-electron chi connectivity index (χ1n) is 8.96. The van der Waals surface area contributed by atoms with E-state index in [1.165, 1.54) is 5.70 Å². The highest BCUT2D eigenvalue weighted by molar-refractivity contribution is 5.98. The molecular weight excluding hydrogens is 282 g/mol. The number of carbonyl (C=O) groups is 1. The Kier molecular flexibility index (Phi) is 4.96. The average Bonchev–Trinajstić information content (AvgIpc) is 2.21. The third kappa shape index (κ3) is 4.19. The lowest BCUT2D eigenvalue weighted by atomic mass is 9.68. The standard InChI is InChI=1S/C21H39NO/c1-18(2,3)15-13-14(23)16(19(4,5)6)17(20(7,8)9)22(15)21(10,11)12/h15H,13H2,1-12H3. The number of Topliss-reactive ketones (excluding diaryl/α,β-unsaturated/α-hetero) is 1. The van der Waals surface area contributed by atoms with Crippen LogP contribution in [0.15, 0.2) is 11.3 Å². The van der Waals surface area contributed by atoms with Gasteiger partial charge in [-0.2, -0.15) is 0 Å². The molecule has 1 atom stereocenters. The van der Waals surface area contributed by atoms with Crippen LogP contribution in [-0.4, -0.2) is 22.3 Å². The number of allylic oxidation sites excluding steroid dienone is 2. The molecule has 0 aromatic carbocycles. The molecule has 0 radical (unpaired) electrons. The van der Waals surface area contributed by atoms with Crippen molar-refractivity contribution in [3.05, 3.63) is 11.3 Å². The molecule has 2 nitrogen and oxygen atoms in total. The third-order valence-electron chi connectivity index (χ3n) is 4.63. The molecule has 1 aliphatic heterocycles. The number of carbonyl (C=O) groups excluding carboxylic acids is 1. The quantitative estimate of drug-likeness (QED) is 0.560. The maximum atomic E-state index is 13.1. The second-order valence-corrected chi connectivity index (χ2v) is 11.3. The van der Waals surface area contributed by atoms with E-state index in [2.05, 4.69) is 88.0 Å². The summed E-state index contributed by atoms with van der Waals surface area (Å²) in [7, 11) is 0. The molecule has 0 aromatic rings. The van der Waals surface area contributed by atoms with E-state index >= 15 is 0 Å². The zero-order chi connectivity index (χ0) is 18.6. The average molecular weight is 322 g/mol. The van der Waals surface area contributed by atoms with Gasteiger partial charge >= 0.3 is 0 Å². The van der Waals surface area contributed by atoms with Crippen molar-refractivity contribution in [1.29, 1.82) is 0 Å². The summed E-state index contributed by atoms with van der Waals surface area (Å²) in [5.41, 5.74) is 2.12. The summed E-state index contributed by atoms with van der Waals surface area (Å²) in [6, 6.07) is 0.232. The molecule has 134 valence electrons. The van der Waals surface area contributed by atoms with E-state index in [4.69, 9.17) is 0 Å². The van der Waals surface area contributed by atoms with Crippen LogP contribution in [0.2, 0.25) is 0 Å². The van der Waals surface area contributed by atoms with E-state index in [1.807, 2.05) is 0 Å². The molecular formula is C21H39NO. The van der Waals surface area contributed by atoms with Crippen LogP contribution < -0.4 is 0 Å². The van der Waals surface area contributed by atoms with Gasteiger partial charge in [-0.05, 0) is 31.6 Å². The van der Waals surface area contributed by atoms with Crippen LogP contribution in [0.5, 0.6) is 0 Å². The van der Waals surface area contributed by atoms with E-state index in [-0.39, 0.29) is 27.8 Å². The van der Waals surface area contributed by atoms with Crippen LogP contribution in [0.1, 0.15) is 89.5 Å². The highest BCUT2D eigenvalue weighted by Crippen LogP contribution is 2.49. The smallest absolute Gasteiger partial charge is 0.163 e. The Bertz CT molecular complexity index is 498. The predicted molar refractivity (Wildman–Crippen MR) is 100 cm³/mol. The van der Waals surface area contributed by atoms with Crippen LogP contribution >= 0.6 is 0 Å². The minimum Gasteiger partial charge on any atom is -0.365 e. The van der Waals surface area contributed by atoms with Gasteiger partial charge in [-0.3, -0.25) is 4.79 Å². The lowest BCUT2D eigenvalue weighted by molar-refractivity contribution is -0.122. The van der Waals surface area contributed by atoms with Gasteiger partial charge in [-0.1, -0.05) is 62.3 Å². The zero-order valence-corrected chi connectivity index (χ0v) is 17.6. The SMILES string of the molecule is CC(C)(C)C1=C(C(C)(C)C)N(C(C)(C)C)C(C(C)(C)C)CC1=O. The fraction of sp³-hybridized carbons (Fsp3) is 0.857. The first-order valence-corrected chi connectivity index (χ1v) is 8.96. The Morgan fingerprint density at radius 2 is 1.22 bits per heavy atom. The fourth-order valence-electron chi connectivity index (χ4n) is 3.78. The minimum atomic E-state index is -0.133. The Morgan fingerprint density at radius 3 is 1.48 bits per heavy atom. The molecule has 1 rings (SSSR count). The van der Waals surface area contributed by atoms with Crippen molar-refractivity contribution in [2.24, 2.45) is 16.2 Å². The zero-order valence-electron chi connectivity index (χ0n) is 17.6. The van der Waals surface area contributed by atoms with Crippen LogP contribution in [0.3, 0.4) is 0 Å². The highest BCUT2D eigenvalue weighted by Gasteiger charge is 2.48. The van der Waals surface area contributed by atoms with E-state index in [9.17, 15) is 4.79 Å². The molecule has 23 heavy (non-hydrogen) atoms. The summed E-state index contributed by atoms with van der Waals surface area (Å²) in [5.74, 6) is 0.336. The van der Waals surface area contributed by atoms with Crippen molar-refractivity contribution >= 4 is 5.78 Å². The second-order valence-electron chi connectivity index (χ2n) is 11.3. The van der Waals surface area contributed by atoms with Crippen molar-refractivity contribution in [1.82, 2.24) is 4.90 Å². The van der Waals surface area contributed by atoms with Gasteiger partial charge in [0.1, 0.15) is 0 Å². The first kappa shape index (κ1) is 20.3. The first-order chi connectivity index (χ1) is 9.88.